The molecule has 92 valence electrons. The number of aliphatic hydroxyl groups is 3. The fraction of sp³-hybridized carbons (Fsp3) is 1.00. The Morgan fingerprint density at radius 2 is 0.750 bits per heavy atom. The fourth-order valence-corrected chi connectivity index (χ4v) is 4.77. The standard InChI is InChI=1S/C13H22O3/c14-10-1-7-2-11(15)5-9-6-12(16)4-8(3-10)13(7)9/h7-16H,1-6H2/t7-,8+,9-,10+,11-,12+,13?. The van der Waals surface area contributed by atoms with Crippen molar-refractivity contribution in [2.75, 3.05) is 0 Å². The van der Waals surface area contributed by atoms with Crippen molar-refractivity contribution in [2.24, 2.45) is 23.7 Å². The van der Waals surface area contributed by atoms with Gasteiger partial charge in [-0.2, -0.15) is 0 Å². The van der Waals surface area contributed by atoms with E-state index in [1.807, 2.05) is 0 Å². The maximum absolute atomic E-state index is 9.87. The Hall–Kier alpha value is -0.120. The minimum atomic E-state index is -0.206. The van der Waals surface area contributed by atoms with E-state index in [1.165, 1.54) is 0 Å². The van der Waals surface area contributed by atoms with Crippen LogP contribution in [0.5, 0.6) is 0 Å². The first kappa shape index (κ1) is 11.0. The van der Waals surface area contributed by atoms with Crippen LogP contribution in [-0.2, 0) is 0 Å². The number of aliphatic hydroxyl groups excluding tert-OH is 3. The van der Waals surface area contributed by atoms with E-state index in [2.05, 4.69) is 0 Å². The summed E-state index contributed by atoms with van der Waals surface area (Å²) >= 11 is 0. The molecule has 0 spiro atoms. The summed E-state index contributed by atoms with van der Waals surface area (Å²) in [5.74, 6) is 2.15. The smallest absolute Gasteiger partial charge is 0.0545 e. The zero-order valence-corrected chi connectivity index (χ0v) is 9.63. The maximum Gasteiger partial charge on any atom is 0.0545 e. The van der Waals surface area contributed by atoms with Crippen molar-refractivity contribution in [1.82, 2.24) is 0 Å². The second-order valence-electron chi connectivity index (χ2n) is 6.23. The summed E-state index contributed by atoms with van der Waals surface area (Å²) in [7, 11) is 0. The molecule has 0 unspecified atom stereocenters. The van der Waals surface area contributed by atoms with Crippen LogP contribution in [0, 0.1) is 23.7 Å². The summed E-state index contributed by atoms with van der Waals surface area (Å²) in [6, 6.07) is 0. The third-order valence-corrected chi connectivity index (χ3v) is 5.08. The van der Waals surface area contributed by atoms with Crippen molar-refractivity contribution < 1.29 is 15.3 Å². The van der Waals surface area contributed by atoms with Crippen LogP contribution < -0.4 is 0 Å². The van der Waals surface area contributed by atoms with Crippen LogP contribution in [0.1, 0.15) is 38.5 Å². The third kappa shape index (κ3) is 1.79. The lowest BCUT2D eigenvalue weighted by molar-refractivity contribution is -0.104. The first-order valence-corrected chi connectivity index (χ1v) is 6.67. The molecule has 3 aliphatic rings. The average Bonchev–Trinajstić information content (AvgIpc) is 2.14. The van der Waals surface area contributed by atoms with E-state index in [0.29, 0.717) is 23.7 Å². The molecule has 0 saturated heterocycles. The van der Waals surface area contributed by atoms with E-state index in [9.17, 15) is 15.3 Å². The molecule has 3 nitrogen and oxygen atoms in total. The number of rotatable bonds is 0. The zero-order chi connectivity index (χ0) is 11.3. The summed E-state index contributed by atoms with van der Waals surface area (Å²) in [5, 5.41) is 29.6. The molecule has 0 amide bonds. The largest absolute Gasteiger partial charge is 0.393 e. The minimum Gasteiger partial charge on any atom is -0.393 e. The van der Waals surface area contributed by atoms with Gasteiger partial charge in [0.15, 0.2) is 0 Å². The van der Waals surface area contributed by atoms with Gasteiger partial charge in [0.05, 0.1) is 18.3 Å². The van der Waals surface area contributed by atoms with Gasteiger partial charge in [-0.15, -0.1) is 0 Å². The lowest BCUT2D eigenvalue weighted by atomic mass is 9.55. The van der Waals surface area contributed by atoms with E-state index < -0.39 is 0 Å². The molecule has 3 saturated carbocycles. The van der Waals surface area contributed by atoms with Crippen LogP contribution in [0.2, 0.25) is 0 Å². The van der Waals surface area contributed by atoms with Crippen molar-refractivity contribution in [3.05, 3.63) is 0 Å². The Bertz CT molecular complexity index is 207. The molecular formula is C13H22O3. The molecule has 3 N–H and O–H groups in total. The normalized spacial score (nSPS) is 56.8. The highest BCUT2D eigenvalue weighted by molar-refractivity contribution is 4.98. The minimum absolute atomic E-state index is 0.206. The predicted molar refractivity (Wildman–Crippen MR) is 59.7 cm³/mol. The van der Waals surface area contributed by atoms with Gasteiger partial charge in [-0.25, -0.2) is 0 Å². The van der Waals surface area contributed by atoms with Gasteiger partial charge in [-0.05, 0) is 62.2 Å². The first-order valence-electron chi connectivity index (χ1n) is 6.67. The van der Waals surface area contributed by atoms with Crippen LogP contribution in [0.3, 0.4) is 0 Å². The Kier molecular flexibility index (Phi) is 2.73. The molecule has 3 fully saturated rings. The van der Waals surface area contributed by atoms with E-state index in [1.54, 1.807) is 0 Å². The molecule has 16 heavy (non-hydrogen) atoms. The van der Waals surface area contributed by atoms with Crippen molar-refractivity contribution in [3.8, 4) is 0 Å². The van der Waals surface area contributed by atoms with Crippen molar-refractivity contribution in [1.29, 1.82) is 0 Å². The Balaban J connectivity index is 1.83. The third-order valence-electron chi connectivity index (χ3n) is 5.08. The van der Waals surface area contributed by atoms with E-state index in [0.717, 1.165) is 38.5 Å². The Labute approximate surface area is 96.5 Å². The van der Waals surface area contributed by atoms with Crippen molar-refractivity contribution >= 4 is 0 Å². The monoisotopic (exact) mass is 226 g/mol. The van der Waals surface area contributed by atoms with Gasteiger partial charge >= 0.3 is 0 Å². The number of hydrogen-bond donors (Lipinski definition) is 3. The van der Waals surface area contributed by atoms with Crippen LogP contribution in [-0.4, -0.2) is 33.6 Å². The van der Waals surface area contributed by atoms with Crippen molar-refractivity contribution in [3.63, 3.8) is 0 Å². The summed E-state index contributed by atoms with van der Waals surface area (Å²) in [5.41, 5.74) is 0. The molecule has 0 aromatic carbocycles. The van der Waals surface area contributed by atoms with Crippen LogP contribution in [0.4, 0.5) is 0 Å². The second kappa shape index (κ2) is 3.97. The zero-order valence-electron chi connectivity index (χ0n) is 9.63. The van der Waals surface area contributed by atoms with E-state index in [-0.39, 0.29) is 18.3 Å². The van der Waals surface area contributed by atoms with Gasteiger partial charge < -0.3 is 15.3 Å². The van der Waals surface area contributed by atoms with Gasteiger partial charge in [-0.1, -0.05) is 0 Å². The van der Waals surface area contributed by atoms with Crippen LogP contribution in [0.25, 0.3) is 0 Å². The molecule has 0 aromatic rings. The van der Waals surface area contributed by atoms with E-state index >= 15 is 0 Å². The van der Waals surface area contributed by atoms with Gasteiger partial charge in [-0.3, -0.25) is 0 Å². The predicted octanol–water partition coefficient (Wildman–Crippen LogP) is 0.915. The van der Waals surface area contributed by atoms with Gasteiger partial charge in [0.1, 0.15) is 0 Å². The molecule has 0 atom stereocenters. The van der Waals surface area contributed by atoms with Crippen LogP contribution >= 0.6 is 0 Å². The van der Waals surface area contributed by atoms with Gasteiger partial charge in [0, 0.05) is 0 Å². The summed E-state index contributed by atoms with van der Waals surface area (Å²) in [4.78, 5) is 0. The average molecular weight is 226 g/mol. The number of hydrogen-bond acceptors (Lipinski definition) is 3. The molecule has 0 aromatic heterocycles. The highest BCUT2D eigenvalue weighted by atomic mass is 16.3. The Morgan fingerprint density at radius 3 is 1.00 bits per heavy atom. The molecule has 0 aliphatic heterocycles. The summed E-state index contributed by atoms with van der Waals surface area (Å²) < 4.78 is 0. The molecule has 0 heterocycles. The Morgan fingerprint density at radius 1 is 0.500 bits per heavy atom. The first-order chi connectivity index (χ1) is 7.63. The van der Waals surface area contributed by atoms with Crippen molar-refractivity contribution in [2.45, 2.75) is 56.8 Å². The molecule has 3 heteroatoms. The van der Waals surface area contributed by atoms with Gasteiger partial charge in [0.25, 0.3) is 0 Å². The molecule has 0 bridgehead atoms. The van der Waals surface area contributed by atoms with Gasteiger partial charge in [0.2, 0.25) is 0 Å². The van der Waals surface area contributed by atoms with E-state index in [4.69, 9.17) is 0 Å². The lowest BCUT2D eigenvalue weighted by Crippen LogP contribution is -2.49. The summed E-state index contributed by atoms with van der Waals surface area (Å²) in [6.45, 7) is 0. The molecule has 3 aliphatic carbocycles. The highest BCUT2D eigenvalue weighted by Gasteiger charge is 2.48. The fourth-order valence-electron chi connectivity index (χ4n) is 4.77. The second-order valence-corrected chi connectivity index (χ2v) is 6.23. The van der Waals surface area contributed by atoms with Crippen LogP contribution in [0.15, 0.2) is 0 Å². The SMILES string of the molecule is O[C@H]1C[C@@H]2C[C@@H](O)C[C@@H]3C[C@@H](O)C[C@H](C1)C32. The summed E-state index contributed by atoms with van der Waals surface area (Å²) in [6.07, 6.45) is 4.58. The molecule has 3 rings (SSSR count). The maximum atomic E-state index is 9.87. The molecule has 0 radical (unpaired) electrons. The highest BCUT2D eigenvalue weighted by Crippen LogP contribution is 2.52. The topological polar surface area (TPSA) is 60.7 Å². The quantitative estimate of drug-likeness (QED) is 0.575. The molecular weight excluding hydrogens is 204 g/mol. The lowest BCUT2D eigenvalue weighted by Gasteiger charge is -2.52.